The third-order valence-corrected chi connectivity index (χ3v) is 4.15. The topological polar surface area (TPSA) is 61.4 Å². The number of aliphatic hydroxyl groups is 1. The second-order valence-electron chi connectivity index (χ2n) is 5.77. The summed E-state index contributed by atoms with van der Waals surface area (Å²) in [4.78, 5) is 12.2. The van der Waals surface area contributed by atoms with Gasteiger partial charge in [-0.3, -0.25) is 0 Å². The van der Waals surface area contributed by atoms with Crippen LogP contribution in [0.5, 0.6) is 0 Å². The quantitative estimate of drug-likeness (QED) is 0.792. The zero-order valence-corrected chi connectivity index (χ0v) is 13.8. The van der Waals surface area contributed by atoms with Crippen molar-refractivity contribution in [2.45, 2.75) is 32.9 Å². The second-order valence-corrected chi connectivity index (χ2v) is 5.77. The smallest absolute Gasteiger partial charge is 0.315 e. The van der Waals surface area contributed by atoms with Crippen LogP contribution in [0, 0.1) is 13.8 Å². The van der Waals surface area contributed by atoms with Crippen LogP contribution < -0.4 is 10.6 Å². The van der Waals surface area contributed by atoms with Crippen LogP contribution in [0.25, 0.3) is 0 Å². The summed E-state index contributed by atoms with van der Waals surface area (Å²) in [6, 6.07) is 14.7. The Kier molecular flexibility index (Phi) is 5.77. The summed E-state index contributed by atoms with van der Waals surface area (Å²) in [7, 11) is 0. The first kappa shape index (κ1) is 17.0. The number of benzene rings is 2. The predicted octanol–water partition coefficient (Wildman–Crippen LogP) is 3.40. The van der Waals surface area contributed by atoms with Crippen LogP contribution in [-0.4, -0.2) is 17.7 Å². The minimum absolute atomic E-state index is 0.106. The van der Waals surface area contributed by atoms with Crippen molar-refractivity contribution in [3.05, 3.63) is 70.8 Å². The van der Waals surface area contributed by atoms with Crippen LogP contribution in [0.2, 0.25) is 0 Å². The van der Waals surface area contributed by atoms with E-state index in [1.807, 2.05) is 49.4 Å². The Hall–Kier alpha value is -2.33. The fourth-order valence-corrected chi connectivity index (χ4v) is 2.64. The molecule has 2 rings (SSSR count). The molecular weight excluding hydrogens is 288 g/mol. The first-order chi connectivity index (χ1) is 11.0. The lowest BCUT2D eigenvalue weighted by atomic mass is 9.98. The molecule has 0 bridgehead atoms. The van der Waals surface area contributed by atoms with E-state index >= 15 is 0 Å². The molecule has 4 nitrogen and oxygen atoms in total. The molecule has 0 aromatic heterocycles. The number of aliphatic hydroxyl groups excluding tert-OH is 1. The number of rotatable bonds is 5. The minimum Gasteiger partial charge on any atom is -0.394 e. The standard InChI is InChI=1S/C19H24N2O2/c1-13-8-7-11-17(14(13)2)15(3)20-19(23)21-18(12-22)16-9-5-4-6-10-16/h4-11,15,18,22H,12H2,1-3H3,(H2,20,21,23). The summed E-state index contributed by atoms with van der Waals surface area (Å²) >= 11 is 0. The van der Waals surface area contributed by atoms with E-state index in [0.29, 0.717) is 0 Å². The third kappa shape index (κ3) is 4.33. The Labute approximate surface area is 137 Å². The molecule has 0 spiro atoms. The number of aryl methyl sites for hydroxylation is 1. The number of urea groups is 1. The zero-order valence-electron chi connectivity index (χ0n) is 13.8. The molecule has 4 heteroatoms. The third-order valence-electron chi connectivity index (χ3n) is 4.15. The molecule has 0 aliphatic heterocycles. The lowest BCUT2D eigenvalue weighted by molar-refractivity contribution is 0.214. The van der Waals surface area contributed by atoms with Gasteiger partial charge in [-0.15, -0.1) is 0 Å². The van der Waals surface area contributed by atoms with Gasteiger partial charge in [-0.2, -0.15) is 0 Å². The van der Waals surface area contributed by atoms with Gasteiger partial charge in [0.2, 0.25) is 0 Å². The number of hydrogen-bond acceptors (Lipinski definition) is 2. The zero-order chi connectivity index (χ0) is 16.8. The largest absolute Gasteiger partial charge is 0.394 e. The van der Waals surface area contributed by atoms with Crippen molar-refractivity contribution >= 4 is 6.03 Å². The average Bonchev–Trinajstić information content (AvgIpc) is 2.55. The van der Waals surface area contributed by atoms with Gasteiger partial charge in [-0.05, 0) is 43.0 Å². The molecule has 3 N–H and O–H groups in total. The summed E-state index contributed by atoms with van der Waals surface area (Å²) in [5, 5.41) is 15.3. The lowest BCUT2D eigenvalue weighted by Crippen LogP contribution is -2.40. The van der Waals surface area contributed by atoms with E-state index in [0.717, 1.165) is 11.1 Å². The van der Waals surface area contributed by atoms with E-state index in [4.69, 9.17) is 0 Å². The molecule has 23 heavy (non-hydrogen) atoms. The lowest BCUT2D eigenvalue weighted by Gasteiger charge is -2.21. The van der Waals surface area contributed by atoms with Gasteiger partial charge in [0, 0.05) is 0 Å². The molecule has 0 saturated carbocycles. The van der Waals surface area contributed by atoms with Gasteiger partial charge >= 0.3 is 6.03 Å². The number of hydrogen-bond donors (Lipinski definition) is 3. The summed E-state index contributed by atoms with van der Waals surface area (Å²) < 4.78 is 0. The van der Waals surface area contributed by atoms with Crippen LogP contribution in [0.3, 0.4) is 0 Å². The Bertz CT molecular complexity index is 656. The molecule has 2 unspecified atom stereocenters. The first-order valence-corrected chi connectivity index (χ1v) is 7.82. The molecule has 0 heterocycles. The molecule has 2 aromatic carbocycles. The maximum atomic E-state index is 12.2. The van der Waals surface area contributed by atoms with Crippen molar-refractivity contribution in [3.8, 4) is 0 Å². The van der Waals surface area contributed by atoms with E-state index in [-0.39, 0.29) is 18.7 Å². The maximum absolute atomic E-state index is 12.2. The van der Waals surface area contributed by atoms with E-state index in [1.54, 1.807) is 0 Å². The summed E-state index contributed by atoms with van der Waals surface area (Å²) in [6.45, 7) is 5.93. The van der Waals surface area contributed by atoms with Crippen LogP contribution in [0.4, 0.5) is 4.79 Å². The molecule has 0 aliphatic rings. The van der Waals surface area contributed by atoms with Gasteiger partial charge < -0.3 is 15.7 Å². The van der Waals surface area contributed by atoms with E-state index in [9.17, 15) is 9.90 Å². The average molecular weight is 312 g/mol. The summed E-state index contributed by atoms with van der Waals surface area (Å²) in [5.41, 5.74) is 4.36. The van der Waals surface area contributed by atoms with E-state index in [2.05, 4.69) is 30.5 Å². The maximum Gasteiger partial charge on any atom is 0.315 e. The minimum atomic E-state index is -0.415. The summed E-state index contributed by atoms with van der Waals surface area (Å²) in [6.07, 6.45) is 0. The Balaban J connectivity index is 2.02. The Morgan fingerprint density at radius 1 is 1.04 bits per heavy atom. The van der Waals surface area contributed by atoms with Crippen LogP contribution in [0.15, 0.2) is 48.5 Å². The Morgan fingerprint density at radius 3 is 2.39 bits per heavy atom. The van der Waals surface area contributed by atoms with Crippen molar-refractivity contribution in [2.24, 2.45) is 0 Å². The highest BCUT2D eigenvalue weighted by molar-refractivity contribution is 5.75. The molecular formula is C19H24N2O2. The molecule has 0 fully saturated rings. The number of carbonyl (C=O) groups is 1. The van der Waals surface area contributed by atoms with Crippen LogP contribution in [0.1, 0.15) is 41.3 Å². The van der Waals surface area contributed by atoms with E-state index < -0.39 is 6.04 Å². The van der Waals surface area contributed by atoms with Crippen molar-refractivity contribution < 1.29 is 9.90 Å². The highest BCUT2D eigenvalue weighted by atomic mass is 16.3. The fraction of sp³-hybridized carbons (Fsp3) is 0.316. The van der Waals surface area contributed by atoms with Crippen LogP contribution in [-0.2, 0) is 0 Å². The van der Waals surface area contributed by atoms with Crippen molar-refractivity contribution in [1.29, 1.82) is 0 Å². The van der Waals surface area contributed by atoms with Gasteiger partial charge in [-0.25, -0.2) is 4.79 Å². The van der Waals surface area contributed by atoms with E-state index in [1.165, 1.54) is 11.1 Å². The predicted molar refractivity (Wildman–Crippen MR) is 92.3 cm³/mol. The normalized spacial score (nSPS) is 13.2. The molecule has 122 valence electrons. The van der Waals surface area contributed by atoms with Gasteiger partial charge in [0.05, 0.1) is 18.7 Å². The summed E-state index contributed by atoms with van der Waals surface area (Å²) in [5.74, 6) is 0. The molecule has 2 atom stereocenters. The molecule has 2 aromatic rings. The highest BCUT2D eigenvalue weighted by Crippen LogP contribution is 2.20. The number of nitrogens with one attached hydrogen (secondary N) is 2. The van der Waals surface area contributed by atoms with Crippen LogP contribution >= 0.6 is 0 Å². The molecule has 2 amide bonds. The van der Waals surface area contributed by atoms with Crippen molar-refractivity contribution in [1.82, 2.24) is 10.6 Å². The molecule has 0 aliphatic carbocycles. The number of carbonyl (C=O) groups excluding carboxylic acids is 1. The number of amides is 2. The molecule has 0 saturated heterocycles. The fourth-order valence-electron chi connectivity index (χ4n) is 2.64. The van der Waals surface area contributed by atoms with Gasteiger partial charge in [-0.1, -0.05) is 48.5 Å². The first-order valence-electron chi connectivity index (χ1n) is 7.82. The monoisotopic (exact) mass is 312 g/mol. The van der Waals surface area contributed by atoms with Gasteiger partial charge in [0.1, 0.15) is 0 Å². The van der Waals surface area contributed by atoms with Gasteiger partial charge in [0.25, 0.3) is 0 Å². The SMILES string of the molecule is Cc1cccc(C(C)NC(=O)NC(CO)c2ccccc2)c1C. The highest BCUT2D eigenvalue weighted by Gasteiger charge is 2.16. The van der Waals surface area contributed by atoms with Crippen molar-refractivity contribution in [2.75, 3.05) is 6.61 Å². The molecule has 0 radical (unpaired) electrons. The second kappa shape index (κ2) is 7.79. The Morgan fingerprint density at radius 2 is 1.74 bits per heavy atom. The van der Waals surface area contributed by atoms with Crippen molar-refractivity contribution in [3.63, 3.8) is 0 Å². The van der Waals surface area contributed by atoms with Gasteiger partial charge in [0.15, 0.2) is 0 Å².